The molecule has 1 saturated heterocycles. The van der Waals surface area contributed by atoms with Crippen LogP contribution < -0.4 is 0 Å². The van der Waals surface area contributed by atoms with Gasteiger partial charge < -0.3 is 10.0 Å². The first kappa shape index (κ1) is 12.5. The normalized spacial score (nSPS) is 20.9. The van der Waals surface area contributed by atoms with Gasteiger partial charge in [-0.05, 0) is 26.7 Å². The molecule has 1 aliphatic heterocycles. The fourth-order valence-corrected chi connectivity index (χ4v) is 1.73. The fourth-order valence-electron chi connectivity index (χ4n) is 1.73. The molecule has 0 radical (unpaired) electrons. The van der Waals surface area contributed by atoms with E-state index in [1.165, 1.54) is 4.90 Å². The second kappa shape index (κ2) is 4.52. The summed E-state index contributed by atoms with van der Waals surface area (Å²) in [6, 6.07) is 1.43. The maximum absolute atomic E-state index is 11.5. The van der Waals surface area contributed by atoms with Gasteiger partial charge in [0.15, 0.2) is 0 Å². The minimum atomic E-state index is -0.958. The lowest BCUT2D eigenvalue weighted by Crippen LogP contribution is -2.40. The molecule has 0 aliphatic carbocycles. The lowest BCUT2D eigenvalue weighted by atomic mass is 9.91. The first-order valence-corrected chi connectivity index (χ1v) is 5.31. The Morgan fingerprint density at radius 2 is 2.31 bits per heavy atom. The van der Waals surface area contributed by atoms with E-state index < -0.39 is 17.4 Å². The molecule has 1 heterocycles. The second-order valence-corrected chi connectivity index (χ2v) is 4.73. The average Bonchev–Trinajstić information content (AvgIpc) is 2.57. The number of carbonyl (C=O) groups excluding carboxylic acids is 1. The van der Waals surface area contributed by atoms with E-state index in [0.717, 1.165) is 0 Å². The zero-order chi connectivity index (χ0) is 12.3. The number of carboxylic acid groups (broad SMARTS) is 1. The highest BCUT2D eigenvalue weighted by Gasteiger charge is 2.36. The van der Waals surface area contributed by atoms with E-state index in [2.05, 4.69) is 6.07 Å². The molecule has 1 N–H and O–H groups in total. The summed E-state index contributed by atoms with van der Waals surface area (Å²) < 4.78 is 0. The molecule has 0 aromatic carbocycles. The summed E-state index contributed by atoms with van der Waals surface area (Å²) in [4.78, 5) is 23.7. The van der Waals surface area contributed by atoms with Crippen molar-refractivity contribution in [1.82, 2.24) is 4.90 Å². The Morgan fingerprint density at radius 3 is 2.81 bits per heavy atom. The first-order valence-electron chi connectivity index (χ1n) is 5.31. The number of amides is 1. The van der Waals surface area contributed by atoms with E-state index in [1.807, 2.05) is 0 Å². The van der Waals surface area contributed by atoms with Crippen LogP contribution in [0.4, 0.5) is 0 Å². The number of likely N-dealkylation sites (tertiary alicyclic amines) is 1. The van der Waals surface area contributed by atoms with Crippen molar-refractivity contribution < 1.29 is 14.7 Å². The van der Waals surface area contributed by atoms with E-state index in [-0.39, 0.29) is 5.91 Å². The van der Waals surface area contributed by atoms with Gasteiger partial charge in [0.25, 0.3) is 0 Å². The molecule has 1 fully saturated rings. The van der Waals surface area contributed by atoms with Gasteiger partial charge in [-0.2, -0.15) is 5.26 Å². The Hall–Kier alpha value is -1.57. The highest BCUT2D eigenvalue weighted by Crippen LogP contribution is 2.24. The van der Waals surface area contributed by atoms with Crippen molar-refractivity contribution in [2.45, 2.75) is 39.2 Å². The molecule has 0 aromatic rings. The Kier molecular flexibility index (Phi) is 3.53. The van der Waals surface area contributed by atoms with Crippen LogP contribution in [0.1, 0.15) is 33.1 Å². The van der Waals surface area contributed by atoms with Crippen molar-refractivity contribution in [3.8, 4) is 6.07 Å². The molecule has 5 nitrogen and oxygen atoms in total. The van der Waals surface area contributed by atoms with E-state index in [1.54, 1.807) is 13.8 Å². The van der Waals surface area contributed by atoms with Crippen molar-refractivity contribution in [2.24, 2.45) is 5.41 Å². The molecule has 1 amide bonds. The van der Waals surface area contributed by atoms with Crippen molar-refractivity contribution >= 4 is 11.9 Å². The van der Waals surface area contributed by atoms with Crippen molar-refractivity contribution in [2.75, 3.05) is 6.54 Å². The van der Waals surface area contributed by atoms with Crippen molar-refractivity contribution in [1.29, 1.82) is 5.26 Å². The summed E-state index contributed by atoms with van der Waals surface area (Å²) in [5.41, 5.74) is -0.522. The van der Waals surface area contributed by atoms with Gasteiger partial charge in [0.05, 0.1) is 11.5 Å². The molecule has 88 valence electrons. The smallest absolute Gasteiger partial charge is 0.326 e. The molecule has 5 heteroatoms. The van der Waals surface area contributed by atoms with Crippen LogP contribution in [-0.4, -0.2) is 34.5 Å². The van der Waals surface area contributed by atoms with E-state index in [0.29, 0.717) is 25.8 Å². The van der Waals surface area contributed by atoms with Crippen LogP contribution in [-0.2, 0) is 9.59 Å². The quantitative estimate of drug-likeness (QED) is 0.772. The Morgan fingerprint density at radius 1 is 1.69 bits per heavy atom. The van der Waals surface area contributed by atoms with Gasteiger partial charge in [0.2, 0.25) is 5.91 Å². The predicted molar refractivity (Wildman–Crippen MR) is 56.4 cm³/mol. The third-order valence-corrected chi connectivity index (χ3v) is 2.89. The van der Waals surface area contributed by atoms with E-state index in [4.69, 9.17) is 10.4 Å². The van der Waals surface area contributed by atoms with Crippen LogP contribution in [0, 0.1) is 16.7 Å². The summed E-state index contributed by atoms with van der Waals surface area (Å²) in [6.45, 7) is 3.91. The number of nitrogens with zero attached hydrogens (tertiary/aromatic N) is 2. The monoisotopic (exact) mass is 224 g/mol. The lowest BCUT2D eigenvalue weighted by molar-refractivity contribution is -0.146. The molecule has 1 unspecified atom stereocenters. The number of rotatable bonds is 4. The number of hydrogen-bond acceptors (Lipinski definition) is 3. The van der Waals surface area contributed by atoms with E-state index in [9.17, 15) is 9.59 Å². The minimum absolute atomic E-state index is 0.124. The number of hydrogen-bond donors (Lipinski definition) is 1. The molecule has 0 spiro atoms. The Balaban J connectivity index is 2.62. The molecule has 0 aromatic heterocycles. The Labute approximate surface area is 94.7 Å². The maximum Gasteiger partial charge on any atom is 0.326 e. The maximum atomic E-state index is 11.5. The average molecular weight is 224 g/mol. The van der Waals surface area contributed by atoms with Crippen LogP contribution in [0.25, 0.3) is 0 Å². The van der Waals surface area contributed by atoms with Gasteiger partial charge in [-0.1, -0.05) is 0 Å². The number of aliphatic carboxylic acids is 1. The molecule has 1 aliphatic rings. The van der Waals surface area contributed by atoms with Crippen LogP contribution >= 0.6 is 0 Å². The molecule has 1 atom stereocenters. The van der Waals surface area contributed by atoms with E-state index >= 15 is 0 Å². The Bertz CT molecular complexity index is 344. The summed E-state index contributed by atoms with van der Waals surface area (Å²) in [7, 11) is 0. The topological polar surface area (TPSA) is 81.4 Å². The lowest BCUT2D eigenvalue weighted by Gasteiger charge is -2.24. The van der Waals surface area contributed by atoms with Crippen LogP contribution in [0.5, 0.6) is 0 Å². The summed E-state index contributed by atoms with van der Waals surface area (Å²) in [5, 5.41) is 17.8. The van der Waals surface area contributed by atoms with Gasteiger partial charge >= 0.3 is 5.97 Å². The minimum Gasteiger partial charge on any atom is -0.480 e. The molecular weight excluding hydrogens is 208 g/mol. The summed E-state index contributed by atoms with van der Waals surface area (Å²) in [5.74, 6) is -1.08. The number of carbonyl (C=O) groups is 2. The molecule has 0 bridgehead atoms. The zero-order valence-electron chi connectivity index (χ0n) is 9.56. The highest BCUT2D eigenvalue weighted by molar-refractivity contribution is 5.87. The largest absolute Gasteiger partial charge is 0.480 e. The third kappa shape index (κ3) is 2.72. The van der Waals surface area contributed by atoms with Gasteiger partial charge in [-0.25, -0.2) is 4.79 Å². The number of nitriles is 1. The summed E-state index contributed by atoms with van der Waals surface area (Å²) in [6.07, 6.45) is 1.17. The number of carboxylic acids is 1. The fraction of sp³-hybridized carbons (Fsp3) is 0.727. The molecule has 0 saturated carbocycles. The standard InChI is InChI=1S/C11H16N2O3/c1-11(2,7-12)5-6-13-8(10(15)16)3-4-9(13)14/h8H,3-6H2,1-2H3,(H,15,16). The first-order chi connectivity index (χ1) is 7.37. The van der Waals surface area contributed by atoms with Gasteiger partial charge in [0.1, 0.15) is 6.04 Å². The van der Waals surface area contributed by atoms with Gasteiger partial charge in [-0.3, -0.25) is 4.79 Å². The second-order valence-electron chi connectivity index (χ2n) is 4.73. The van der Waals surface area contributed by atoms with Crippen LogP contribution in [0.15, 0.2) is 0 Å². The predicted octanol–water partition coefficient (Wildman–Crippen LogP) is 1.00. The third-order valence-electron chi connectivity index (χ3n) is 2.89. The zero-order valence-corrected chi connectivity index (χ0v) is 9.56. The SMILES string of the molecule is CC(C)(C#N)CCN1C(=O)CCC1C(=O)O. The van der Waals surface area contributed by atoms with Crippen LogP contribution in [0.3, 0.4) is 0 Å². The molecule has 16 heavy (non-hydrogen) atoms. The van der Waals surface area contributed by atoms with Crippen molar-refractivity contribution in [3.05, 3.63) is 0 Å². The van der Waals surface area contributed by atoms with Crippen molar-refractivity contribution in [3.63, 3.8) is 0 Å². The highest BCUT2D eigenvalue weighted by atomic mass is 16.4. The molecule has 1 rings (SSSR count). The summed E-state index contributed by atoms with van der Waals surface area (Å²) >= 11 is 0. The van der Waals surface area contributed by atoms with Crippen LogP contribution in [0.2, 0.25) is 0 Å². The van der Waals surface area contributed by atoms with Gasteiger partial charge in [0, 0.05) is 13.0 Å². The van der Waals surface area contributed by atoms with Gasteiger partial charge in [-0.15, -0.1) is 0 Å². The molecular formula is C11H16N2O3.